The van der Waals surface area contributed by atoms with Gasteiger partial charge in [-0.05, 0) is 59.7 Å². The van der Waals surface area contributed by atoms with Crippen molar-refractivity contribution >= 4 is 22.0 Å². The van der Waals surface area contributed by atoms with Crippen molar-refractivity contribution in [3.63, 3.8) is 0 Å². The minimum Gasteiger partial charge on any atom is -0.497 e. The average Bonchev–Trinajstić information content (AvgIpc) is 3.31. The quantitative estimate of drug-likeness (QED) is 0.299. The predicted octanol–water partition coefficient (Wildman–Crippen LogP) is 6.93. The molecule has 0 spiro atoms. The third-order valence-corrected chi connectivity index (χ3v) is 7.39. The van der Waals surface area contributed by atoms with E-state index in [4.69, 9.17) is 9.47 Å². The SMILES string of the molecule is COc1ccc(CN(C(=O)OCc2ccccc2)C2CCC(CBr)C2c2ccc(F)cc2)cc1. The second-order valence-electron chi connectivity index (χ2n) is 8.65. The largest absolute Gasteiger partial charge is 0.497 e. The van der Waals surface area contributed by atoms with Crippen LogP contribution in [0, 0.1) is 11.7 Å². The number of methoxy groups -OCH3 is 1. The molecule has 1 aliphatic rings. The van der Waals surface area contributed by atoms with Crippen LogP contribution in [0.2, 0.25) is 0 Å². The molecule has 1 fully saturated rings. The van der Waals surface area contributed by atoms with E-state index < -0.39 is 0 Å². The molecule has 4 nitrogen and oxygen atoms in total. The van der Waals surface area contributed by atoms with Crippen LogP contribution in [0.1, 0.15) is 35.4 Å². The van der Waals surface area contributed by atoms with E-state index in [1.54, 1.807) is 7.11 Å². The maximum absolute atomic E-state index is 13.6. The second kappa shape index (κ2) is 11.5. The summed E-state index contributed by atoms with van der Waals surface area (Å²) in [4.78, 5) is 15.3. The van der Waals surface area contributed by atoms with Gasteiger partial charge in [-0.3, -0.25) is 0 Å². The first kappa shape index (κ1) is 24.3. The van der Waals surface area contributed by atoms with E-state index in [0.29, 0.717) is 12.5 Å². The number of benzene rings is 3. The Bertz CT molecular complexity index is 1060. The van der Waals surface area contributed by atoms with Gasteiger partial charge in [-0.25, -0.2) is 9.18 Å². The van der Waals surface area contributed by atoms with Gasteiger partial charge in [0.15, 0.2) is 0 Å². The predicted molar refractivity (Wildman–Crippen MR) is 135 cm³/mol. The van der Waals surface area contributed by atoms with Crippen LogP contribution in [0.5, 0.6) is 5.75 Å². The van der Waals surface area contributed by atoms with Gasteiger partial charge in [0.1, 0.15) is 18.2 Å². The van der Waals surface area contributed by atoms with Crippen molar-refractivity contribution in [2.75, 3.05) is 12.4 Å². The monoisotopic (exact) mass is 525 g/mol. The summed E-state index contributed by atoms with van der Waals surface area (Å²) in [5.41, 5.74) is 2.99. The fraction of sp³-hybridized carbons (Fsp3) is 0.321. The van der Waals surface area contributed by atoms with Gasteiger partial charge in [0.05, 0.1) is 7.11 Å². The van der Waals surface area contributed by atoms with Crippen molar-refractivity contribution in [1.29, 1.82) is 0 Å². The van der Waals surface area contributed by atoms with E-state index in [0.717, 1.165) is 40.6 Å². The molecule has 3 atom stereocenters. The van der Waals surface area contributed by atoms with Crippen molar-refractivity contribution in [2.45, 2.75) is 38.0 Å². The summed E-state index contributed by atoms with van der Waals surface area (Å²) in [6.45, 7) is 0.642. The van der Waals surface area contributed by atoms with Crippen molar-refractivity contribution in [3.8, 4) is 5.75 Å². The van der Waals surface area contributed by atoms with Gasteiger partial charge in [0, 0.05) is 23.8 Å². The zero-order chi connectivity index (χ0) is 23.9. The van der Waals surface area contributed by atoms with E-state index in [1.807, 2.05) is 71.6 Å². The van der Waals surface area contributed by atoms with Gasteiger partial charge < -0.3 is 14.4 Å². The van der Waals surface area contributed by atoms with Gasteiger partial charge in [-0.15, -0.1) is 0 Å². The number of halogens is 2. The smallest absolute Gasteiger partial charge is 0.410 e. The Morgan fingerprint density at radius 2 is 1.68 bits per heavy atom. The highest BCUT2D eigenvalue weighted by Gasteiger charge is 2.42. The average molecular weight is 526 g/mol. The van der Waals surface area contributed by atoms with Gasteiger partial charge in [-0.2, -0.15) is 0 Å². The highest BCUT2D eigenvalue weighted by molar-refractivity contribution is 9.09. The fourth-order valence-electron chi connectivity index (χ4n) is 4.81. The standard InChI is InChI=1S/C28H29BrFNO3/c1-33-25-14-7-20(8-15-25)18-31(28(32)34-19-21-5-3-2-4-6-21)26-16-11-23(17-29)27(26)22-9-12-24(30)13-10-22/h2-10,12-15,23,26-27H,11,16-19H2,1H3. The Balaban J connectivity index is 1.61. The number of carbonyl (C=O) groups is 1. The molecule has 0 N–H and O–H groups in total. The first-order valence-corrected chi connectivity index (χ1v) is 12.6. The van der Waals surface area contributed by atoms with Gasteiger partial charge in [0.25, 0.3) is 0 Å². The highest BCUT2D eigenvalue weighted by Crippen LogP contribution is 2.44. The molecule has 1 amide bonds. The lowest BCUT2D eigenvalue weighted by Crippen LogP contribution is -2.42. The summed E-state index contributed by atoms with van der Waals surface area (Å²) >= 11 is 3.66. The Morgan fingerprint density at radius 3 is 2.32 bits per heavy atom. The number of hydrogen-bond donors (Lipinski definition) is 0. The zero-order valence-electron chi connectivity index (χ0n) is 19.2. The summed E-state index contributed by atoms with van der Waals surface area (Å²) in [6, 6.07) is 24.1. The molecule has 0 radical (unpaired) electrons. The van der Waals surface area contributed by atoms with Crippen LogP contribution >= 0.6 is 15.9 Å². The molecule has 0 saturated heterocycles. The van der Waals surface area contributed by atoms with Crippen LogP contribution in [0.3, 0.4) is 0 Å². The van der Waals surface area contributed by atoms with Crippen molar-refractivity contribution < 1.29 is 18.7 Å². The molecular formula is C28H29BrFNO3. The summed E-state index contributed by atoms with van der Waals surface area (Å²) < 4.78 is 24.7. The van der Waals surface area contributed by atoms with Crippen molar-refractivity contribution in [3.05, 3.63) is 101 Å². The Kier molecular flexibility index (Phi) is 8.22. The number of nitrogens with zero attached hydrogens (tertiary/aromatic N) is 1. The minimum absolute atomic E-state index is 0.0570. The molecule has 1 saturated carbocycles. The molecule has 3 aromatic rings. The van der Waals surface area contributed by atoms with Gasteiger partial charge in [0.2, 0.25) is 0 Å². The van der Waals surface area contributed by atoms with E-state index in [-0.39, 0.29) is 30.5 Å². The molecule has 0 aromatic heterocycles. The minimum atomic E-state index is -0.341. The molecule has 4 rings (SSSR count). The number of hydrogen-bond acceptors (Lipinski definition) is 3. The van der Waals surface area contributed by atoms with E-state index >= 15 is 0 Å². The second-order valence-corrected chi connectivity index (χ2v) is 9.30. The number of carbonyl (C=O) groups excluding carboxylic acids is 1. The number of rotatable bonds is 8. The van der Waals surface area contributed by atoms with Crippen LogP contribution in [0.4, 0.5) is 9.18 Å². The van der Waals surface area contributed by atoms with Crippen LogP contribution in [-0.2, 0) is 17.9 Å². The third-order valence-electron chi connectivity index (χ3n) is 6.56. The zero-order valence-corrected chi connectivity index (χ0v) is 20.8. The molecule has 178 valence electrons. The molecule has 0 bridgehead atoms. The highest BCUT2D eigenvalue weighted by atomic mass is 79.9. The van der Waals surface area contributed by atoms with Crippen LogP contribution in [0.25, 0.3) is 0 Å². The summed E-state index contributed by atoms with van der Waals surface area (Å²) in [7, 11) is 1.63. The lowest BCUT2D eigenvalue weighted by molar-refractivity contribution is 0.0734. The molecule has 6 heteroatoms. The number of alkyl halides is 1. The van der Waals surface area contributed by atoms with Crippen molar-refractivity contribution in [2.24, 2.45) is 5.92 Å². The maximum Gasteiger partial charge on any atom is 0.410 e. The Morgan fingerprint density at radius 1 is 0.971 bits per heavy atom. The first-order valence-electron chi connectivity index (χ1n) is 11.5. The van der Waals surface area contributed by atoms with Crippen LogP contribution in [-0.4, -0.2) is 29.5 Å². The molecule has 3 unspecified atom stereocenters. The van der Waals surface area contributed by atoms with E-state index in [9.17, 15) is 9.18 Å². The summed E-state index contributed by atoms with van der Waals surface area (Å²) in [6.07, 6.45) is 1.49. The van der Waals surface area contributed by atoms with Crippen molar-refractivity contribution in [1.82, 2.24) is 4.90 Å². The van der Waals surface area contributed by atoms with Crippen LogP contribution in [0.15, 0.2) is 78.9 Å². The van der Waals surface area contributed by atoms with E-state index in [1.165, 1.54) is 12.1 Å². The molecule has 3 aromatic carbocycles. The fourth-order valence-corrected chi connectivity index (χ4v) is 5.53. The molecular weight excluding hydrogens is 497 g/mol. The molecule has 1 aliphatic carbocycles. The molecule has 0 heterocycles. The topological polar surface area (TPSA) is 38.8 Å². The normalized spacial score (nSPS) is 19.6. The summed E-state index contributed by atoms with van der Waals surface area (Å²) in [5, 5.41) is 0.820. The molecule has 34 heavy (non-hydrogen) atoms. The molecule has 0 aliphatic heterocycles. The number of ether oxygens (including phenoxy) is 2. The Hall–Kier alpha value is -2.86. The Labute approximate surface area is 208 Å². The van der Waals surface area contributed by atoms with Crippen LogP contribution < -0.4 is 4.74 Å². The lowest BCUT2D eigenvalue weighted by atomic mass is 9.87. The number of amides is 1. The summed E-state index contributed by atoms with van der Waals surface area (Å²) in [5.74, 6) is 0.940. The lowest BCUT2D eigenvalue weighted by Gasteiger charge is -2.34. The van der Waals surface area contributed by atoms with E-state index in [2.05, 4.69) is 15.9 Å². The maximum atomic E-state index is 13.6. The van der Waals surface area contributed by atoms with Gasteiger partial charge in [-0.1, -0.05) is 70.5 Å². The third kappa shape index (κ3) is 5.79. The first-order chi connectivity index (χ1) is 16.6. The van der Waals surface area contributed by atoms with Gasteiger partial charge >= 0.3 is 6.09 Å².